The maximum absolute atomic E-state index is 13.7. The molecule has 0 spiro atoms. The van der Waals surface area contributed by atoms with E-state index in [-0.39, 0.29) is 22.6 Å². The number of esters is 1. The van der Waals surface area contributed by atoms with E-state index in [4.69, 9.17) is 11.6 Å². The second-order valence-electron chi connectivity index (χ2n) is 3.62. The Morgan fingerprint density at radius 3 is 2.84 bits per heavy atom. The van der Waals surface area contributed by atoms with Crippen LogP contribution in [0.5, 0.6) is 5.75 Å². The van der Waals surface area contributed by atoms with Crippen LogP contribution in [0.1, 0.15) is 10.4 Å². The molecule has 19 heavy (non-hydrogen) atoms. The van der Waals surface area contributed by atoms with Gasteiger partial charge in [-0.1, -0.05) is 0 Å². The second-order valence-corrected chi connectivity index (χ2v) is 4.79. The van der Waals surface area contributed by atoms with Crippen molar-refractivity contribution in [3.8, 4) is 5.75 Å². The number of phenols is 1. The summed E-state index contributed by atoms with van der Waals surface area (Å²) in [5, 5.41) is 21.8. The summed E-state index contributed by atoms with van der Waals surface area (Å²) in [4.78, 5) is 11.4. The van der Waals surface area contributed by atoms with E-state index < -0.39 is 29.2 Å². The number of carbonyl (C=O) groups is 1. The molecular weight excluding hydrogens is 344 g/mol. The number of alkyl halides is 1. The third kappa shape index (κ3) is 3.71. The third-order valence-electron chi connectivity index (χ3n) is 2.29. The summed E-state index contributed by atoms with van der Waals surface area (Å²) in [6, 6.07) is 1.25. The summed E-state index contributed by atoms with van der Waals surface area (Å²) in [7, 11) is 1.08. The maximum atomic E-state index is 13.7. The standard InChI is InChI=1S/C11H12BrClFNO4/c1-19-11(18)8-9(14)6(12)2-7(10(8)17)15-4-5(16)3-13/h2,5,15-17H,3-4H2,1H3. The molecule has 0 aliphatic heterocycles. The first-order chi connectivity index (χ1) is 8.92. The lowest BCUT2D eigenvalue weighted by molar-refractivity contribution is 0.0592. The van der Waals surface area contributed by atoms with Crippen molar-refractivity contribution >= 4 is 39.2 Å². The molecule has 1 aromatic carbocycles. The van der Waals surface area contributed by atoms with E-state index in [1.54, 1.807) is 0 Å². The Morgan fingerprint density at radius 2 is 2.32 bits per heavy atom. The van der Waals surface area contributed by atoms with Gasteiger partial charge in [0.15, 0.2) is 11.6 Å². The molecule has 106 valence electrons. The molecule has 3 N–H and O–H groups in total. The van der Waals surface area contributed by atoms with Crippen LogP contribution in [0.4, 0.5) is 10.1 Å². The lowest BCUT2D eigenvalue weighted by Gasteiger charge is -2.14. The van der Waals surface area contributed by atoms with E-state index in [1.807, 2.05) is 0 Å². The number of anilines is 1. The number of benzene rings is 1. The first-order valence-electron chi connectivity index (χ1n) is 5.19. The minimum atomic E-state index is -1.00. The minimum Gasteiger partial charge on any atom is -0.505 e. The van der Waals surface area contributed by atoms with Crippen LogP contribution < -0.4 is 5.32 Å². The molecule has 1 unspecified atom stereocenters. The second kappa shape index (κ2) is 6.93. The zero-order chi connectivity index (χ0) is 14.6. The molecule has 0 radical (unpaired) electrons. The molecule has 8 heteroatoms. The average molecular weight is 357 g/mol. The van der Waals surface area contributed by atoms with E-state index in [9.17, 15) is 19.4 Å². The number of hydrogen-bond donors (Lipinski definition) is 3. The van der Waals surface area contributed by atoms with Crippen molar-refractivity contribution in [1.82, 2.24) is 0 Å². The van der Waals surface area contributed by atoms with Gasteiger partial charge in [0.25, 0.3) is 0 Å². The molecule has 5 nitrogen and oxygen atoms in total. The smallest absolute Gasteiger partial charge is 0.344 e. The molecule has 0 saturated carbocycles. The fourth-order valence-corrected chi connectivity index (χ4v) is 1.86. The van der Waals surface area contributed by atoms with Crippen molar-refractivity contribution < 1.29 is 24.1 Å². The third-order valence-corrected chi connectivity index (χ3v) is 3.22. The van der Waals surface area contributed by atoms with Gasteiger partial charge in [-0.25, -0.2) is 9.18 Å². The molecule has 0 aliphatic carbocycles. The number of aliphatic hydroxyl groups excluding tert-OH is 1. The molecule has 1 rings (SSSR count). The Hall–Kier alpha value is -1.05. The molecule has 0 aromatic heterocycles. The average Bonchev–Trinajstić information content (AvgIpc) is 2.40. The van der Waals surface area contributed by atoms with E-state index in [1.165, 1.54) is 6.07 Å². The molecule has 0 bridgehead atoms. The summed E-state index contributed by atoms with van der Waals surface area (Å²) in [5.41, 5.74) is -0.502. The maximum Gasteiger partial charge on any atom is 0.344 e. The van der Waals surface area contributed by atoms with Crippen LogP contribution in [0.25, 0.3) is 0 Å². The van der Waals surface area contributed by atoms with Gasteiger partial charge in [0.05, 0.1) is 29.3 Å². The Kier molecular flexibility index (Phi) is 5.84. The van der Waals surface area contributed by atoms with E-state index in [0.29, 0.717) is 0 Å². The molecule has 1 atom stereocenters. The summed E-state index contributed by atoms with van der Waals surface area (Å²) in [6.45, 7) is 0.0374. The molecule has 0 heterocycles. The lowest BCUT2D eigenvalue weighted by atomic mass is 10.1. The van der Waals surface area contributed by atoms with Crippen molar-refractivity contribution in [2.45, 2.75) is 6.10 Å². The predicted octanol–water partition coefficient (Wildman–Crippen LogP) is 2.09. The van der Waals surface area contributed by atoms with Crippen LogP contribution in [-0.4, -0.2) is 41.8 Å². The van der Waals surface area contributed by atoms with Crippen LogP contribution in [0.2, 0.25) is 0 Å². The highest BCUT2D eigenvalue weighted by Crippen LogP contribution is 2.35. The van der Waals surface area contributed by atoms with Crippen molar-refractivity contribution in [3.05, 3.63) is 21.9 Å². The van der Waals surface area contributed by atoms with Gasteiger partial charge in [0.2, 0.25) is 0 Å². The zero-order valence-corrected chi connectivity index (χ0v) is 12.3. The quantitative estimate of drug-likeness (QED) is 0.428. The Bertz CT molecular complexity index is 486. The Balaban J connectivity index is 3.13. The fraction of sp³-hybridized carbons (Fsp3) is 0.364. The van der Waals surface area contributed by atoms with Gasteiger partial charge >= 0.3 is 5.97 Å². The molecule has 0 aliphatic rings. The normalized spacial score (nSPS) is 12.1. The van der Waals surface area contributed by atoms with Crippen molar-refractivity contribution in [2.24, 2.45) is 0 Å². The van der Waals surface area contributed by atoms with Gasteiger partial charge in [-0.05, 0) is 22.0 Å². The van der Waals surface area contributed by atoms with Crippen molar-refractivity contribution in [3.63, 3.8) is 0 Å². The highest BCUT2D eigenvalue weighted by atomic mass is 79.9. The number of rotatable bonds is 5. The molecule has 0 fully saturated rings. The van der Waals surface area contributed by atoms with E-state index >= 15 is 0 Å². The summed E-state index contributed by atoms with van der Waals surface area (Å²) >= 11 is 8.35. The van der Waals surface area contributed by atoms with Crippen LogP contribution >= 0.6 is 27.5 Å². The fourth-order valence-electron chi connectivity index (χ4n) is 1.32. The van der Waals surface area contributed by atoms with Crippen molar-refractivity contribution in [2.75, 3.05) is 24.9 Å². The first-order valence-corrected chi connectivity index (χ1v) is 6.52. The van der Waals surface area contributed by atoms with Gasteiger partial charge in [0, 0.05) is 6.54 Å². The number of nitrogens with one attached hydrogen (secondary N) is 1. The Morgan fingerprint density at radius 1 is 1.68 bits per heavy atom. The summed E-state index contributed by atoms with van der Waals surface area (Å²) in [6.07, 6.45) is -0.841. The van der Waals surface area contributed by atoms with Gasteiger partial charge in [0.1, 0.15) is 5.56 Å². The highest BCUT2D eigenvalue weighted by molar-refractivity contribution is 9.10. The molecular formula is C11H12BrClFNO4. The van der Waals surface area contributed by atoms with Crippen LogP contribution in [0.3, 0.4) is 0 Å². The van der Waals surface area contributed by atoms with Gasteiger partial charge in [-0.15, -0.1) is 11.6 Å². The predicted molar refractivity (Wildman–Crippen MR) is 72.3 cm³/mol. The molecule has 1 aromatic rings. The number of aliphatic hydroxyl groups is 1. The first kappa shape index (κ1) is 16.0. The van der Waals surface area contributed by atoms with Crippen molar-refractivity contribution in [1.29, 1.82) is 0 Å². The highest BCUT2D eigenvalue weighted by Gasteiger charge is 2.23. The number of aromatic hydroxyl groups is 1. The number of halogens is 3. The SMILES string of the molecule is COC(=O)c1c(O)c(NCC(O)CCl)cc(Br)c1F. The van der Waals surface area contributed by atoms with Crippen LogP contribution in [0, 0.1) is 5.82 Å². The summed E-state index contributed by atoms with van der Waals surface area (Å²) < 4.78 is 18.1. The van der Waals surface area contributed by atoms with Crippen LogP contribution in [-0.2, 0) is 4.74 Å². The molecule has 0 amide bonds. The number of hydrogen-bond acceptors (Lipinski definition) is 5. The van der Waals surface area contributed by atoms with Gasteiger partial charge in [-0.3, -0.25) is 0 Å². The van der Waals surface area contributed by atoms with E-state index in [2.05, 4.69) is 26.0 Å². The van der Waals surface area contributed by atoms with E-state index in [0.717, 1.165) is 7.11 Å². The monoisotopic (exact) mass is 355 g/mol. The topological polar surface area (TPSA) is 78.8 Å². The number of ether oxygens (including phenoxy) is 1. The van der Waals surface area contributed by atoms with Gasteiger partial charge in [-0.2, -0.15) is 0 Å². The Labute approximate surface area is 122 Å². The zero-order valence-electron chi connectivity index (χ0n) is 9.91. The number of carbonyl (C=O) groups excluding carboxylic acids is 1. The largest absolute Gasteiger partial charge is 0.505 e. The molecule has 0 saturated heterocycles. The summed E-state index contributed by atoms with van der Waals surface area (Å²) in [5.74, 6) is -2.51. The number of methoxy groups -OCH3 is 1. The number of phenolic OH excluding ortho intramolecular Hbond substituents is 1. The van der Waals surface area contributed by atoms with Gasteiger partial charge < -0.3 is 20.3 Å². The van der Waals surface area contributed by atoms with Crippen LogP contribution in [0.15, 0.2) is 10.5 Å². The minimum absolute atomic E-state index is 0.0000148. The lowest BCUT2D eigenvalue weighted by Crippen LogP contribution is -2.21.